The molecule has 0 saturated carbocycles. The summed E-state index contributed by atoms with van der Waals surface area (Å²) in [5.74, 6) is 6.21. The van der Waals surface area contributed by atoms with Gasteiger partial charge < -0.3 is 4.74 Å². The van der Waals surface area contributed by atoms with Gasteiger partial charge in [0.25, 0.3) is 5.91 Å². The number of carbonyl (C=O) groups is 1. The van der Waals surface area contributed by atoms with Gasteiger partial charge in [-0.25, -0.2) is 5.84 Å². The van der Waals surface area contributed by atoms with Crippen molar-refractivity contribution >= 4 is 17.7 Å². The van der Waals surface area contributed by atoms with Crippen LogP contribution in [0.3, 0.4) is 0 Å². The maximum Gasteiger partial charge on any atom is 0.287 e. The van der Waals surface area contributed by atoms with Gasteiger partial charge in [0.2, 0.25) is 0 Å². The Morgan fingerprint density at radius 1 is 1.55 bits per heavy atom. The fourth-order valence-corrected chi connectivity index (χ4v) is 2.42. The van der Waals surface area contributed by atoms with Crippen molar-refractivity contribution in [1.82, 2.24) is 20.4 Å². The quantitative estimate of drug-likeness (QED) is 0.352. The molecule has 0 radical (unpaired) electrons. The number of nitrogens with one attached hydrogen (secondary N) is 1. The Morgan fingerprint density at radius 2 is 2.40 bits per heavy atom. The van der Waals surface area contributed by atoms with E-state index in [9.17, 15) is 4.79 Å². The standard InChI is InChI=1S/C12H15N5O2S/c1-19-9-3-2-4-10(7-9)20-6-5-17-8-11(15-16-17)12(18)14-13/h2-4,7-8H,5-6,13H2,1H3,(H,14,18). The highest BCUT2D eigenvalue weighted by atomic mass is 32.2. The second kappa shape index (κ2) is 6.92. The van der Waals surface area contributed by atoms with Crippen molar-refractivity contribution < 1.29 is 9.53 Å². The lowest BCUT2D eigenvalue weighted by atomic mass is 10.3. The molecule has 2 aromatic rings. The van der Waals surface area contributed by atoms with Crippen LogP contribution in [0, 0.1) is 0 Å². The van der Waals surface area contributed by atoms with E-state index in [0.717, 1.165) is 16.4 Å². The van der Waals surface area contributed by atoms with Gasteiger partial charge in [-0.1, -0.05) is 11.3 Å². The molecule has 0 aliphatic rings. The van der Waals surface area contributed by atoms with E-state index in [2.05, 4.69) is 10.3 Å². The third-order valence-electron chi connectivity index (χ3n) is 2.53. The fourth-order valence-electron chi connectivity index (χ4n) is 1.53. The number of nitrogen functional groups attached to an aromatic ring is 1. The Hall–Kier alpha value is -2.06. The van der Waals surface area contributed by atoms with Gasteiger partial charge in [0, 0.05) is 10.6 Å². The number of rotatable bonds is 6. The van der Waals surface area contributed by atoms with Gasteiger partial charge in [-0.3, -0.25) is 14.9 Å². The minimum atomic E-state index is -0.448. The van der Waals surface area contributed by atoms with Crippen molar-refractivity contribution in [2.45, 2.75) is 11.4 Å². The number of aromatic nitrogens is 3. The smallest absolute Gasteiger partial charge is 0.287 e. The van der Waals surface area contributed by atoms with E-state index in [-0.39, 0.29) is 5.69 Å². The molecule has 2 rings (SSSR count). The summed E-state index contributed by atoms with van der Waals surface area (Å²) in [6.45, 7) is 0.646. The van der Waals surface area contributed by atoms with Crippen LogP contribution in [-0.4, -0.2) is 33.8 Å². The number of benzene rings is 1. The van der Waals surface area contributed by atoms with Crippen LogP contribution in [0.1, 0.15) is 10.5 Å². The highest BCUT2D eigenvalue weighted by Gasteiger charge is 2.08. The average molecular weight is 293 g/mol. The number of amides is 1. The number of hydrogen-bond donors (Lipinski definition) is 2. The van der Waals surface area contributed by atoms with Gasteiger partial charge in [0.1, 0.15) is 5.75 Å². The fraction of sp³-hybridized carbons (Fsp3) is 0.250. The highest BCUT2D eigenvalue weighted by molar-refractivity contribution is 7.99. The maximum atomic E-state index is 11.2. The molecule has 1 aromatic carbocycles. The number of ether oxygens (including phenoxy) is 1. The molecule has 0 unspecified atom stereocenters. The molecule has 106 valence electrons. The Balaban J connectivity index is 1.86. The molecule has 0 bridgehead atoms. The minimum absolute atomic E-state index is 0.207. The first-order chi connectivity index (χ1) is 9.72. The molecule has 0 aliphatic carbocycles. The first-order valence-electron chi connectivity index (χ1n) is 5.91. The summed E-state index contributed by atoms with van der Waals surface area (Å²) in [4.78, 5) is 12.3. The van der Waals surface area contributed by atoms with Crippen LogP contribution in [0.4, 0.5) is 0 Å². The summed E-state index contributed by atoms with van der Waals surface area (Å²) < 4.78 is 6.77. The predicted molar refractivity (Wildman–Crippen MR) is 75.4 cm³/mol. The monoisotopic (exact) mass is 293 g/mol. The molecule has 0 fully saturated rings. The minimum Gasteiger partial charge on any atom is -0.497 e. The Morgan fingerprint density at radius 3 is 3.15 bits per heavy atom. The van der Waals surface area contributed by atoms with Crippen molar-refractivity contribution in [2.75, 3.05) is 12.9 Å². The molecule has 0 spiro atoms. The van der Waals surface area contributed by atoms with Crippen molar-refractivity contribution in [1.29, 1.82) is 0 Å². The summed E-state index contributed by atoms with van der Waals surface area (Å²) in [6, 6.07) is 7.83. The zero-order chi connectivity index (χ0) is 14.4. The normalized spacial score (nSPS) is 10.3. The largest absolute Gasteiger partial charge is 0.497 e. The zero-order valence-corrected chi connectivity index (χ0v) is 11.8. The predicted octanol–water partition coefficient (Wildman–Crippen LogP) is 0.682. The van der Waals surface area contributed by atoms with Gasteiger partial charge in [0.05, 0.1) is 19.9 Å². The molecule has 0 aliphatic heterocycles. The molecular formula is C12H15N5O2S. The second-order valence-electron chi connectivity index (χ2n) is 3.87. The highest BCUT2D eigenvalue weighted by Crippen LogP contribution is 2.22. The number of thioether (sulfide) groups is 1. The molecule has 1 amide bonds. The Bertz CT molecular complexity index is 587. The molecular weight excluding hydrogens is 278 g/mol. The van der Waals surface area contributed by atoms with Gasteiger partial charge in [-0.2, -0.15) is 0 Å². The van der Waals surface area contributed by atoms with Crippen molar-refractivity contribution in [3.8, 4) is 5.75 Å². The van der Waals surface area contributed by atoms with Crippen molar-refractivity contribution in [2.24, 2.45) is 5.84 Å². The number of aryl methyl sites for hydroxylation is 1. The topological polar surface area (TPSA) is 95.1 Å². The summed E-state index contributed by atoms with van der Waals surface area (Å²) in [6.07, 6.45) is 1.56. The van der Waals surface area contributed by atoms with Crippen molar-refractivity contribution in [3.63, 3.8) is 0 Å². The van der Waals surface area contributed by atoms with Crippen LogP contribution in [0.5, 0.6) is 5.75 Å². The average Bonchev–Trinajstić information content (AvgIpc) is 2.95. The Labute approximate surface area is 120 Å². The summed E-state index contributed by atoms with van der Waals surface area (Å²) in [5, 5.41) is 7.59. The maximum absolute atomic E-state index is 11.2. The summed E-state index contributed by atoms with van der Waals surface area (Å²) in [7, 11) is 1.64. The molecule has 1 heterocycles. The van der Waals surface area contributed by atoms with E-state index in [1.165, 1.54) is 0 Å². The number of hydrazine groups is 1. The molecule has 8 heteroatoms. The lowest BCUT2D eigenvalue weighted by Gasteiger charge is -2.04. The van der Waals surface area contributed by atoms with E-state index in [1.807, 2.05) is 29.7 Å². The van der Waals surface area contributed by atoms with Crippen LogP contribution in [0.25, 0.3) is 0 Å². The number of hydrogen-bond acceptors (Lipinski definition) is 6. The number of nitrogens with two attached hydrogens (primary N) is 1. The molecule has 3 N–H and O–H groups in total. The lowest BCUT2D eigenvalue weighted by Crippen LogP contribution is -2.30. The first-order valence-corrected chi connectivity index (χ1v) is 6.89. The number of nitrogens with zero attached hydrogens (tertiary/aromatic N) is 3. The Kier molecular flexibility index (Phi) is 4.97. The third kappa shape index (κ3) is 3.72. The van der Waals surface area contributed by atoms with E-state index in [1.54, 1.807) is 29.8 Å². The van der Waals surface area contributed by atoms with E-state index in [4.69, 9.17) is 10.6 Å². The van der Waals surface area contributed by atoms with E-state index < -0.39 is 5.91 Å². The number of methoxy groups -OCH3 is 1. The van der Waals surface area contributed by atoms with Crippen LogP contribution >= 0.6 is 11.8 Å². The van der Waals surface area contributed by atoms with Crippen LogP contribution < -0.4 is 16.0 Å². The van der Waals surface area contributed by atoms with Crippen LogP contribution in [-0.2, 0) is 6.54 Å². The van der Waals surface area contributed by atoms with Gasteiger partial charge in [-0.15, -0.1) is 16.9 Å². The van der Waals surface area contributed by atoms with Gasteiger partial charge in [-0.05, 0) is 18.2 Å². The molecule has 7 nitrogen and oxygen atoms in total. The first kappa shape index (κ1) is 14.4. The lowest BCUT2D eigenvalue weighted by molar-refractivity contribution is 0.0948. The SMILES string of the molecule is COc1cccc(SCCn2cc(C(=O)NN)nn2)c1. The van der Waals surface area contributed by atoms with Gasteiger partial charge in [0.15, 0.2) is 5.69 Å². The zero-order valence-electron chi connectivity index (χ0n) is 10.9. The molecule has 0 saturated heterocycles. The molecule has 0 atom stereocenters. The second-order valence-corrected chi connectivity index (χ2v) is 5.04. The van der Waals surface area contributed by atoms with Crippen LogP contribution in [0.2, 0.25) is 0 Å². The van der Waals surface area contributed by atoms with Crippen LogP contribution in [0.15, 0.2) is 35.4 Å². The third-order valence-corrected chi connectivity index (χ3v) is 3.51. The summed E-state index contributed by atoms with van der Waals surface area (Å²) >= 11 is 1.67. The van der Waals surface area contributed by atoms with E-state index >= 15 is 0 Å². The number of carbonyl (C=O) groups excluding carboxylic acids is 1. The molecule has 20 heavy (non-hydrogen) atoms. The van der Waals surface area contributed by atoms with Gasteiger partial charge >= 0.3 is 0 Å². The molecule has 1 aromatic heterocycles. The van der Waals surface area contributed by atoms with Crippen molar-refractivity contribution in [3.05, 3.63) is 36.2 Å². The van der Waals surface area contributed by atoms with E-state index in [0.29, 0.717) is 6.54 Å². The summed E-state index contributed by atoms with van der Waals surface area (Å²) in [5.41, 5.74) is 2.22.